The van der Waals surface area contributed by atoms with Gasteiger partial charge in [-0.05, 0) is 46.5 Å². The normalized spacial score (nSPS) is 20.5. The number of carbonyl (C=O) groups is 3. The number of likely N-dealkylation sites (tertiary alicyclic amines) is 2. The van der Waals surface area contributed by atoms with Gasteiger partial charge in [-0.25, -0.2) is 0 Å². The molecule has 0 aliphatic carbocycles. The van der Waals surface area contributed by atoms with Crippen LogP contribution in [-0.4, -0.2) is 83.2 Å². The summed E-state index contributed by atoms with van der Waals surface area (Å²) in [5.41, 5.74) is 0.940. The Morgan fingerprint density at radius 3 is 2.55 bits per heavy atom. The number of aromatic nitrogens is 2. The van der Waals surface area contributed by atoms with Crippen molar-refractivity contribution in [3.63, 3.8) is 0 Å². The van der Waals surface area contributed by atoms with Gasteiger partial charge in [-0.15, -0.1) is 0 Å². The second-order valence-corrected chi connectivity index (χ2v) is 8.48. The number of nitrogens with one attached hydrogen (secondary N) is 1. The van der Waals surface area contributed by atoms with Crippen LogP contribution in [0.15, 0.2) is 6.20 Å². The first-order valence-electron chi connectivity index (χ1n) is 11.3. The fourth-order valence-corrected chi connectivity index (χ4v) is 4.86. The minimum Gasteiger partial charge on any atom is -0.385 e. The summed E-state index contributed by atoms with van der Waals surface area (Å²) in [5, 5.41) is 7.22. The lowest BCUT2D eigenvalue weighted by molar-refractivity contribution is -0.140. The Morgan fingerprint density at radius 2 is 1.97 bits per heavy atom. The molecule has 1 N–H and O–H groups in total. The van der Waals surface area contributed by atoms with Gasteiger partial charge < -0.3 is 19.9 Å². The number of likely N-dealkylation sites (N-methyl/N-ethyl adjacent to an activating group) is 1. The second-order valence-electron chi connectivity index (χ2n) is 8.48. The monoisotopic (exact) mass is 433 g/mol. The highest BCUT2D eigenvalue weighted by atomic mass is 16.5. The van der Waals surface area contributed by atoms with E-state index >= 15 is 0 Å². The van der Waals surface area contributed by atoms with Crippen LogP contribution < -0.4 is 5.32 Å². The van der Waals surface area contributed by atoms with E-state index in [0.717, 1.165) is 18.7 Å². The highest BCUT2D eigenvalue weighted by Gasteiger charge is 2.54. The Bertz CT molecular complexity index is 813. The average molecular weight is 434 g/mol. The zero-order valence-electron chi connectivity index (χ0n) is 19.1. The third-order valence-corrected chi connectivity index (χ3v) is 6.78. The third-order valence-electron chi connectivity index (χ3n) is 6.78. The van der Waals surface area contributed by atoms with E-state index in [1.807, 2.05) is 30.4 Å². The van der Waals surface area contributed by atoms with Gasteiger partial charge in [-0.3, -0.25) is 19.1 Å². The first-order valence-corrected chi connectivity index (χ1v) is 11.3. The molecular formula is C22H35N5O4. The summed E-state index contributed by atoms with van der Waals surface area (Å²) < 4.78 is 6.84. The SMILES string of the molecule is CCN1C(=O)C2(CCN(C(=O)c3cnn(CC)c3C)CC2)CC1C(=O)NCCCOC. The Kier molecular flexibility index (Phi) is 7.35. The average Bonchev–Trinajstić information content (AvgIpc) is 3.28. The van der Waals surface area contributed by atoms with Crippen LogP contribution in [0.4, 0.5) is 0 Å². The summed E-state index contributed by atoms with van der Waals surface area (Å²) in [6.45, 7) is 9.20. The zero-order valence-corrected chi connectivity index (χ0v) is 19.1. The van der Waals surface area contributed by atoms with Crippen LogP contribution in [0.2, 0.25) is 0 Å². The van der Waals surface area contributed by atoms with Gasteiger partial charge in [0.2, 0.25) is 11.8 Å². The second kappa shape index (κ2) is 9.80. The van der Waals surface area contributed by atoms with Crippen molar-refractivity contribution in [3.05, 3.63) is 17.5 Å². The predicted octanol–water partition coefficient (Wildman–Crippen LogP) is 1.21. The number of hydrogen-bond acceptors (Lipinski definition) is 5. The molecule has 1 aromatic rings. The van der Waals surface area contributed by atoms with Gasteiger partial charge in [0.1, 0.15) is 6.04 Å². The standard InChI is InChI=1S/C22H35N5O4/c1-5-26-18(19(28)23-10-7-13-31-4)14-22(21(26)30)8-11-25(12-9-22)20(29)17-15-24-27(6-2)16(17)3/h15,18H,5-14H2,1-4H3,(H,23,28). The molecular weight excluding hydrogens is 398 g/mol. The number of hydrogen-bond donors (Lipinski definition) is 1. The van der Waals surface area contributed by atoms with E-state index < -0.39 is 11.5 Å². The molecule has 0 saturated carbocycles. The van der Waals surface area contributed by atoms with Gasteiger partial charge in [-0.1, -0.05) is 0 Å². The topological polar surface area (TPSA) is 96.8 Å². The van der Waals surface area contributed by atoms with Crippen LogP contribution in [0.3, 0.4) is 0 Å². The summed E-state index contributed by atoms with van der Waals surface area (Å²) >= 11 is 0. The maximum atomic E-state index is 13.3. The molecule has 0 aromatic carbocycles. The highest BCUT2D eigenvalue weighted by molar-refractivity contribution is 5.96. The number of ether oxygens (including phenoxy) is 1. The summed E-state index contributed by atoms with van der Waals surface area (Å²) in [5.74, 6) is -0.0734. The van der Waals surface area contributed by atoms with Crippen LogP contribution in [0.1, 0.15) is 55.6 Å². The number of amides is 3. The number of nitrogens with zero attached hydrogens (tertiary/aromatic N) is 4. The lowest BCUT2D eigenvalue weighted by Gasteiger charge is -2.37. The molecule has 2 saturated heterocycles. The van der Waals surface area contributed by atoms with Gasteiger partial charge in [0.15, 0.2) is 0 Å². The number of methoxy groups -OCH3 is 1. The minimum absolute atomic E-state index is 0.0303. The number of piperidine rings is 1. The largest absolute Gasteiger partial charge is 0.385 e. The lowest BCUT2D eigenvalue weighted by atomic mass is 9.75. The van der Waals surface area contributed by atoms with E-state index in [1.54, 1.807) is 18.2 Å². The summed E-state index contributed by atoms with van der Waals surface area (Å²) in [4.78, 5) is 42.5. The molecule has 172 valence electrons. The van der Waals surface area contributed by atoms with Gasteiger partial charge in [0.25, 0.3) is 5.91 Å². The molecule has 3 rings (SSSR count). The van der Waals surface area contributed by atoms with Crippen molar-refractivity contribution in [1.29, 1.82) is 0 Å². The predicted molar refractivity (Wildman–Crippen MR) is 116 cm³/mol. The van der Waals surface area contributed by atoms with E-state index in [9.17, 15) is 14.4 Å². The van der Waals surface area contributed by atoms with E-state index in [-0.39, 0.29) is 17.7 Å². The molecule has 3 amide bonds. The van der Waals surface area contributed by atoms with Gasteiger partial charge in [0.05, 0.1) is 17.2 Å². The summed E-state index contributed by atoms with van der Waals surface area (Å²) in [7, 11) is 1.63. The van der Waals surface area contributed by atoms with Crippen LogP contribution in [0, 0.1) is 12.3 Å². The quantitative estimate of drug-likeness (QED) is 0.622. The molecule has 0 bridgehead atoms. The van der Waals surface area contributed by atoms with Gasteiger partial charge >= 0.3 is 0 Å². The molecule has 0 radical (unpaired) electrons. The van der Waals surface area contributed by atoms with Crippen LogP contribution in [-0.2, 0) is 20.9 Å². The molecule has 1 spiro atoms. The molecule has 2 aliphatic heterocycles. The van der Waals surface area contributed by atoms with Crippen LogP contribution >= 0.6 is 0 Å². The maximum Gasteiger partial charge on any atom is 0.257 e. The molecule has 1 aromatic heterocycles. The fraction of sp³-hybridized carbons (Fsp3) is 0.727. The Morgan fingerprint density at radius 1 is 1.26 bits per heavy atom. The molecule has 2 aliphatic rings. The first-order chi connectivity index (χ1) is 14.9. The number of rotatable bonds is 8. The van der Waals surface area contributed by atoms with E-state index in [0.29, 0.717) is 57.6 Å². The fourth-order valence-electron chi connectivity index (χ4n) is 4.86. The van der Waals surface area contributed by atoms with Crippen molar-refractivity contribution in [1.82, 2.24) is 24.9 Å². The van der Waals surface area contributed by atoms with Gasteiger partial charge in [0, 0.05) is 52.1 Å². The molecule has 1 unspecified atom stereocenters. The Hall–Kier alpha value is -2.42. The van der Waals surface area contributed by atoms with E-state index in [2.05, 4.69) is 10.4 Å². The molecule has 9 heteroatoms. The number of carbonyl (C=O) groups excluding carboxylic acids is 3. The summed E-state index contributed by atoms with van der Waals surface area (Å²) in [6, 6.07) is -0.438. The maximum absolute atomic E-state index is 13.3. The van der Waals surface area contributed by atoms with Crippen molar-refractivity contribution in [2.45, 2.75) is 59.0 Å². The van der Waals surface area contributed by atoms with Crippen molar-refractivity contribution < 1.29 is 19.1 Å². The smallest absolute Gasteiger partial charge is 0.257 e. The lowest BCUT2D eigenvalue weighted by Crippen LogP contribution is -2.47. The van der Waals surface area contributed by atoms with Gasteiger partial charge in [-0.2, -0.15) is 5.10 Å². The molecule has 9 nitrogen and oxygen atoms in total. The van der Waals surface area contributed by atoms with Crippen molar-refractivity contribution in [3.8, 4) is 0 Å². The van der Waals surface area contributed by atoms with Crippen molar-refractivity contribution in [2.24, 2.45) is 5.41 Å². The van der Waals surface area contributed by atoms with Crippen LogP contribution in [0.5, 0.6) is 0 Å². The Labute approximate surface area is 184 Å². The highest BCUT2D eigenvalue weighted by Crippen LogP contribution is 2.44. The molecule has 31 heavy (non-hydrogen) atoms. The molecule has 2 fully saturated rings. The third kappa shape index (κ3) is 4.46. The minimum atomic E-state index is -0.552. The van der Waals surface area contributed by atoms with Crippen LogP contribution in [0.25, 0.3) is 0 Å². The van der Waals surface area contributed by atoms with E-state index in [4.69, 9.17) is 4.74 Å². The number of aryl methyl sites for hydroxylation is 1. The van der Waals surface area contributed by atoms with Crippen molar-refractivity contribution >= 4 is 17.7 Å². The Balaban J connectivity index is 1.64. The van der Waals surface area contributed by atoms with Crippen molar-refractivity contribution in [2.75, 3.05) is 39.9 Å². The van der Waals surface area contributed by atoms with E-state index in [1.165, 1.54) is 0 Å². The summed E-state index contributed by atoms with van der Waals surface area (Å²) in [6.07, 6.45) is 4.07. The molecule has 1 atom stereocenters. The first kappa shape index (κ1) is 23.2. The zero-order chi connectivity index (χ0) is 22.6. The molecule has 3 heterocycles.